The van der Waals surface area contributed by atoms with E-state index in [9.17, 15) is 14.7 Å². The van der Waals surface area contributed by atoms with Crippen molar-refractivity contribution in [2.24, 2.45) is 5.92 Å². The van der Waals surface area contributed by atoms with Gasteiger partial charge in [0.1, 0.15) is 0 Å². The number of carbonyl (C=O) groups excluding carboxylic acids is 2. The molecule has 0 aromatic heterocycles. The fourth-order valence-corrected chi connectivity index (χ4v) is 8.87. The lowest BCUT2D eigenvalue weighted by Crippen LogP contribution is -2.45. The molecule has 3 aromatic rings. The second kappa shape index (κ2) is 10.2. The van der Waals surface area contributed by atoms with Gasteiger partial charge in [-0.05, 0) is 67.5 Å². The summed E-state index contributed by atoms with van der Waals surface area (Å²) in [4.78, 5) is 28.7. The number of carbonyl (C=O) groups is 2. The van der Waals surface area contributed by atoms with Crippen LogP contribution in [0.25, 0.3) is 0 Å². The summed E-state index contributed by atoms with van der Waals surface area (Å²) in [6.07, 6.45) is -0.261. The van der Waals surface area contributed by atoms with Gasteiger partial charge in [0.15, 0.2) is 5.60 Å². The Morgan fingerprint density at radius 3 is 2.54 bits per heavy atom. The molecular weight excluding hydrogens is 513 g/mol. The number of hydrogen-bond acceptors (Lipinski definition) is 5. The number of fused-ring (bicyclic) bond motifs is 2. The molecule has 4 atom stereocenters. The van der Waals surface area contributed by atoms with Crippen molar-refractivity contribution in [3.63, 3.8) is 0 Å². The highest BCUT2D eigenvalue weighted by Gasteiger charge is 2.66. The number of amides is 2. The van der Waals surface area contributed by atoms with Crippen LogP contribution in [0.5, 0.6) is 0 Å². The Labute approximate surface area is 229 Å². The van der Waals surface area contributed by atoms with E-state index in [0.29, 0.717) is 16.9 Å². The number of nitrogen functional groups attached to an aromatic ring is 1. The summed E-state index contributed by atoms with van der Waals surface area (Å²) < 4.78 is 22.1. The molecule has 204 valence electrons. The molecule has 7 nitrogen and oxygen atoms in total. The van der Waals surface area contributed by atoms with Gasteiger partial charge in [-0.2, -0.15) is 0 Å². The van der Waals surface area contributed by atoms with Crippen molar-refractivity contribution in [2.75, 3.05) is 22.6 Å². The lowest BCUT2D eigenvalue weighted by Gasteiger charge is -2.31. The molecule has 0 saturated carbocycles. The summed E-state index contributed by atoms with van der Waals surface area (Å²) in [7, 11) is -3.24. The number of nitrogens with zero attached hydrogens (tertiary/aromatic N) is 1. The first-order chi connectivity index (χ1) is 18.6. The van der Waals surface area contributed by atoms with E-state index in [1.165, 1.54) is 0 Å². The minimum absolute atomic E-state index is 0.136. The topological polar surface area (TPSA) is 105 Å². The molecule has 3 aromatic carbocycles. The molecule has 39 heavy (non-hydrogen) atoms. The van der Waals surface area contributed by atoms with Crippen LogP contribution in [0.4, 0.5) is 21.2 Å². The van der Waals surface area contributed by atoms with Gasteiger partial charge in [-0.1, -0.05) is 37.3 Å². The molecular formula is C30H34FN3O4Si. The summed E-state index contributed by atoms with van der Waals surface area (Å²) in [6, 6.07) is 21.5. The maximum Gasteiger partial charge on any atom is 0.264 e. The Morgan fingerprint density at radius 1 is 1.13 bits per heavy atom. The maximum atomic E-state index is 15.6. The van der Waals surface area contributed by atoms with Crippen LogP contribution in [0.15, 0.2) is 72.8 Å². The van der Waals surface area contributed by atoms with Crippen molar-refractivity contribution in [1.29, 1.82) is 0 Å². The summed E-state index contributed by atoms with van der Waals surface area (Å²) in [5, 5.41) is 12.6. The lowest BCUT2D eigenvalue weighted by atomic mass is 9.82. The van der Waals surface area contributed by atoms with E-state index in [1.807, 2.05) is 49.4 Å². The molecule has 1 fully saturated rings. The van der Waals surface area contributed by atoms with Crippen LogP contribution in [0, 0.1) is 5.92 Å². The van der Waals surface area contributed by atoms with E-state index >= 15 is 4.11 Å². The molecule has 5 rings (SSSR count). The quantitative estimate of drug-likeness (QED) is 0.214. The SMILES string of the molecule is C[C@H]1[C@H]([Si](C)(C)F)[C@@H](CCO)O[C@]12C(=O)N(Cc1cccc(NC(=O)c3ccc(N)cc3)c1)c1ccccc12. The molecule has 2 amide bonds. The van der Waals surface area contributed by atoms with Crippen LogP contribution in [0.3, 0.4) is 0 Å². The Balaban J connectivity index is 1.44. The van der Waals surface area contributed by atoms with Gasteiger partial charge in [0.2, 0.25) is 8.41 Å². The first kappa shape index (κ1) is 27.0. The van der Waals surface area contributed by atoms with Gasteiger partial charge in [-0.15, -0.1) is 0 Å². The van der Waals surface area contributed by atoms with Crippen molar-refractivity contribution in [3.05, 3.63) is 89.5 Å². The molecule has 2 heterocycles. The van der Waals surface area contributed by atoms with Crippen molar-refractivity contribution in [1.82, 2.24) is 0 Å². The van der Waals surface area contributed by atoms with Crippen molar-refractivity contribution >= 4 is 37.3 Å². The predicted molar refractivity (Wildman–Crippen MR) is 153 cm³/mol. The molecule has 1 spiro atoms. The molecule has 0 bridgehead atoms. The number of nitrogens with one attached hydrogen (secondary N) is 1. The van der Waals surface area contributed by atoms with E-state index in [2.05, 4.69) is 5.32 Å². The minimum atomic E-state index is -3.24. The zero-order chi connectivity index (χ0) is 27.9. The van der Waals surface area contributed by atoms with Gasteiger partial charge in [0.05, 0.1) is 18.3 Å². The van der Waals surface area contributed by atoms with Gasteiger partial charge in [-0.25, -0.2) is 0 Å². The van der Waals surface area contributed by atoms with Crippen LogP contribution < -0.4 is 16.0 Å². The largest absolute Gasteiger partial charge is 0.399 e. The van der Waals surface area contributed by atoms with Crippen molar-refractivity contribution < 1.29 is 23.5 Å². The third-order valence-corrected chi connectivity index (χ3v) is 10.4. The Morgan fingerprint density at radius 2 is 1.85 bits per heavy atom. The average Bonchev–Trinajstić information content (AvgIpc) is 3.32. The molecule has 2 aliphatic heterocycles. The number of nitrogens with two attached hydrogens (primary N) is 1. The number of anilines is 3. The summed E-state index contributed by atoms with van der Waals surface area (Å²) in [5.74, 6) is -0.887. The van der Waals surface area contributed by atoms with E-state index in [0.717, 1.165) is 16.8 Å². The van der Waals surface area contributed by atoms with Gasteiger partial charge in [0, 0.05) is 40.6 Å². The normalized spacial score (nSPS) is 24.3. The smallest absolute Gasteiger partial charge is 0.264 e. The van der Waals surface area contributed by atoms with E-state index in [4.69, 9.17) is 10.5 Å². The van der Waals surface area contributed by atoms with Crippen LogP contribution in [-0.4, -0.2) is 38.0 Å². The second-order valence-electron chi connectivity index (χ2n) is 11.0. The van der Waals surface area contributed by atoms with Crippen molar-refractivity contribution in [2.45, 2.75) is 50.2 Å². The molecule has 2 aliphatic rings. The standard InChI is InChI=1S/C30H34FN3O4Si/c1-19-27(39(2,3)31)26(15-16-35)38-30(19)24-9-4-5-10-25(24)34(29(30)37)18-20-7-6-8-23(17-20)33-28(36)21-11-13-22(32)14-12-21/h4-14,17,19,26-27,35H,15-16,18,32H2,1-3H3,(H,33,36)/t19-,26+,27-,30+/m0/s1. The van der Waals surface area contributed by atoms with Gasteiger partial charge in [0.25, 0.3) is 11.8 Å². The lowest BCUT2D eigenvalue weighted by molar-refractivity contribution is -0.146. The van der Waals surface area contributed by atoms with Gasteiger partial charge < -0.3 is 29.9 Å². The fraction of sp³-hybridized carbons (Fsp3) is 0.333. The number of ether oxygens (including phenoxy) is 1. The molecule has 0 unspecified atom stereocenters. The summed E-state index contributed by atoms with van der Waals surface area (Å²) in [5.41, 5.74) is 7.93. The van der Waals surface area contributed by atoms with Crippen molar-refractivity contribution in [3.8, 4) is 0 Å². The number of rotatable bonds is 7. The predicted octanol–water partition coefficient (Wildman–Crippen LogP) is 5.23. The molecule has 0 radical (unpaired) electrons. The minimum Gasteiger partial charge on any atom is -0.399 e. The first-order valence-electron chi connectivity index (χ1n) is 13.2. The summed E-state index contributed by atoms with van der Waals surface area (Å²) >= 11 is 0. The third kappa shape index (κ3) is 4.75. The number of aliphatic hydroxyl groups is 1. The van der Waals surface area contributed by atoms with Gasteiger partial charge >= 0.3 is 0 Å². The first-order valence-corrected chi connectivity index (χ1v) is 16.2. The van der Waals surface area contributed by atoms with Crippen LogP contribution >= 0.6 is 0 Å². The van der Waals surface area contributed by atoms with Crippen LogP contribution in [0.2, 0.25) is 18.6 Å². The number of halogens is 1. The van der Waals surface area contributed by atoms with Crippen LogP contribution in [-0.2, 0) is 21.7 Å². The van der Waals surface area contributed by atoms with E-state index in [1.54, 1.807) is 48.3 Å². The van der Waals surface area contributed by atoms with E-state index in [-0.39, 0.29) is 31.4 Å². The van der Waals surface area contributed by atoms with Gasteiger partial charge in [-0.3, -0.25) is 9.59 Å². The van der Waals surface area contributed by atoms with Crippen LogP contribution in [0.1, 0.15) is 34.8 Å². The van der Waals surface area contributed by atoms with E-state index < -0.39 is 31.6 Å². The average molecular weight is 548 g/mol. The molecule has 9 heteroatoms. The molecule has 1 saturated heterocycles. The molecule has 4 N–H and O–H groups in total. The second-order valence-corrected chi connectivity index (χ2v) is 14.8. The third-order valence-electron chi connectivity index (χ3n) is 7.98. The number of benzene rings is 3. The summed E-state index contributed by atoms with van der Waals surface area (Å²) in [6.45, 7) is 5.32. The Hall–Kier alpha value is -3.53. The number of hydrogen-bond donors (Lipinski definition) is 3. The fourth-order valence-electron chi connectivity index (χ4n) is 6.32. The highest BCUT2D eigenvalue weighted by molar-refractivity contribution is 6.72. The highest BCUT2D eigenvalue weighted by atomic mass is 28.4. The maximum absolute atomic E-state index is 15.6. The molecule has 0 aliphatic carbocycles. The monoisotopic (exact) mass is 547 g/mol. The Bertz CT molecular complexity index is 1390. The zero-order valence-electron chi connectivity index (χ0n) is 22.4. The number of para-hydroxylation sites is 1. The Kier molecular flexibility index (Phi) is 7.09. The highest BCUT2D eigenvalue weighted by Crippen LogP contribution is 2.60. The zero-order valence-corrected chi connectivity index (χ0v) is 23.4. The number of aliphatic hydroxyl groups excluding tert-OH is 1.